The molecule has 2 rings (SSSR count). The van der Waals surface area contributed by atoms with Gasteiger partial charge in [-0.1, -0.05) is 15.9 Å². The number of piperazine rings is 1. The Morgan fingerprint density at radius 3 is 2.55 bits per heavy atom. The second kappa shape index (κ2) is 8.50. The van der Waals surface area contributed by atoms with E-state index in [9.17, 15) is 9.59 Å². The lowest BCUT2D eigenvalue weighted by Crippen LogP contribution is -2.49. The van der Waals surface area contributed by atoms with Gasteiger partial charge in [0.2, 0.25) is 5.91 Å². The van der Waals surface area contributed by atoms with Crippen LogP contribution in [0.2, 0.25) is 0 Å². The largest absolute Gasteiger partial charge is 0.339 e. The van der Waals surface area contributed by atoms with Crippen LogP contribution in [0.1, 0.15) is 15.9 Å². The summed E-state index contributed by atoms with van der Waals surface area (Å²) in [5.74, 6) is -0.129. The van der Waals surface area contributed by atoms with E-state index in [0.717, 1.165) is 23.1 Å². The van der Waals surface area contributed by atoms with Gasteiger partial charge in [0.15, 0.2) is 0 Å². The third-order valence-corrected chi connectivity index (χ3v) is 4.48. The summed E-state index contributed by atoms with van der Waals surface area (Å²) in [6.45, 7) is 5.10. The van der Waals surface area contributed by atoms with Crippen molar-refractivity contribution in [3.63, 3.8) is 0 Å². The number of hydrogen-bond donors (Lipinski definition) is 1. The van der Waals surface area contributed by atoms with Crippen molar-refractivity contribution in [3.05, 3.63) is 33.8 Å². The predicted octanol–water partition coefficient (Wildman–Crippen LogP) is 1.68. The molecule has 0 unspecified atom stereocenters. The summed E-state index contributed by atoms with van der Waals surface area (Å²) in [7, 11) is 1.67. The summed E-state index contributed by atoms with van der Waals surface area (Å²) in [6.07, 6.45) is 0. The Labute approximate surface area is 145 Å². The van der Waals surface area contributed by atoms with Crippen molar-refractivity contribution in [2.24, 2.45) is 0 Å². The SMILES string of the molecule is Cc1cc(C(=O)N(C)CC(=O)N2CCNCC2)ccc1Br.Cl. The summed E-state index contributed by atoms with van der Waals surface area (Å²) >= 11 is 3.42. The zero-order valence-corrected chi connectivity index (χ0v) is 15.2. The summed E-state index contributed by atoms with van der Waals surface area (Å²) in [5, 5.41) is 3.20. The van der Waals surface area contributed by atoms with Crippen molar-refractivity contribution in [3.8, 4) is 0 Å². The van der Waals surface area contributed by atoms with Gasteiger partial charge in [0, 0.05) is 43.3 Å². The lowest BCUT2D eigenvalue weighted by molar-refractivity contribution is -0.132. The molecule has 1 N–H and O–H groups in total. The Balaban J connectivity index is 0.00000242. The molecule has 1 fully saturated rings. The topological polar surface area (TPSA) is 52.7 Å². The highest BCUT2D eigenvalue weighted by atomic mass is 79.9. The molecule has 1 aliphatic heterocycles. The van der Waals surface area contributed by atoms with Crippen molar-refractivity contribution in [1.29, 1.82) is 0 Å². The van der Waals surface area contributed by atoms with E-state index < -0.39 is 0 Å². The number of rotatable bonds is 3. The Kier molecular flexibility index (Phi) is 7.32. The molecule has 0 spiro atoms. The molecule has 1 heterocycles. The Bertz CT molecular complexity index is 548. The quantitative estimate of drug-likeness (QED) is 0.854. The lowest BCUT2D eigenvalue weighted by atomic mass is 10.1. The molecule has 0 saturated carbocycles. The fourth-order valence-corrected chi connectivity index (χ4v) is 2.53. The molecular weight excluding hydrogens is 370 g/mol. The molecule has 5 nitrogen and oxygen atoms in total. The number of halogens is 2. The van der Waals surface area contributed by atoms with Gasteiger partial charge < -0.3 is 15.1 Å². The lowest BCUT2D eigenvalue weighted by Gasteiger charge is -2.29. The molecule has 0 bridgehead atoms. The maximum absolute atomic E-state index is 12.4. The number of aryl methyl sites for hydroxylation is 1. The summed E-state index contributed by atoms with van der Waals surface area (Å²) in [4.78, 5) is 27.8. The Morgan fingerprint density at radius 1 is 1.32 bits per heavy atom. The zero-order valence-electron chi connectivity index (χ0n) is 12.8. The third-order valence-electron chi connectivity index (χ3n) is 3.59. The predicted molar refractivity (Wildman–Crippen MR) is 92.5 cm³/mol. The van der Waals surface area contributed by atoms with Crippen LogP contribution in [-0.4, -0.2) is 61.4 Å². The maximum atomic E-state index is 12.4. The fourth-order valence-electron chi connectivity index (χ4n) is 2.29. The highest BCUT2D eigenvalue weighted by Crippen LogP contribution is 2.18. The summed E-state index contributed by atoms with van der Waals surface area (Å²) < 4.78 is 0.971. The first-order chi connectivity index (χ1) is 9.99. The normalized spacial score (nSPS) is 14.2. The smallest absolute Gasteiger partial charge is 0.254 e. The summed E-state index contributed by atoms with van der Waals surface area (Å²) in [5.41, 5.74) is 1.61. The van der Waals surface area contributed by atoms with Gasteiger partial charge in [-0.05, 0) is 30.7 Å². The standard InChI is InChI=1S/C15H20BrN3O2.ClH/c1-11-9-12(3-4-13(11)16)15(21)18(2)10-14(20)19-7-5-17-6-8-19;/h3-4,9,17H,5-8,10H2,1-2H3;1H. The molecule has 1 aromatic rings. The number of nitrogens with zero attached hydrogens (tertiary/aromatic N) is 2. The van der Waals surface area contributed by atoms with Gasteiger partial charge in [-0.25, -0.2) is 0 Å². The van der Waals surface area contributed by atoms with Crippen LogP contribution in [0.5, 0.6) is 0 Å². The number of benzene rings is 1. The number of carbonyl (C=O) groups is 2. The fraction of sp³-hybridized carbons (Fsp3) is 0.467. The van der Waals surface area contributed by atoms with E-state index in [-0.39, 0.29) is 30.8 Å². The first-order valence-corrected chi connectivity index (χ1v) is 7.78. The highest BCUT2D eigenvalue weighted by Gasteiger charge is 2.20. The van der Waals surface area contributed by atoms with Gasteiger partial charge in [-0.3, -0.25) is 9.59 Å². The van der Waals surface area contributed by atoms with Crippen LogP contribution in [-0.2, 0) is 4.79 Å². The summed E-state index contributed by atoms with van der Waals surface area (Å²) in [6, 6.07) is 5.46. The number of carbonyl (C=O) groups excluding carboxylic acids is 2. The van der Waals surface area contributed by atoms with E-state index in [0.29, 0.717) is 18.7 Å². The van der Waals surface area contributed by atoms with Gasteiger partial charge >= 0.3 is 0 Å². The molecule has 0 radical (unpaired) electrons. The molecule has 0 aromatic heterocycles. The van der Waals surface area contributed by atoms with Gasteiger partial charge in [-0.2, -0.15) is 0 Å². The zero-order chi connectivity index (χ0) is 15.4. The van der Waals surface area contributed by atoms with Crippen LogP contribution in [0.15, 0.2) is 22.7 Å². The molecule has 22 heavy (non-hydrogen) atoms. The minimum Gasteiger partial charge on any atom is -0.339 e. The molecule has 122 valence electrons. The van der Waals surface area contributed by atoms with Crippen LogP contribution < -0.4 is 5.32 Å². The molecule has 0 aliphatic carbocycles. The van der Waals surface area contributed by atoms with E-state index in [1.54, 1.807) is 18.0 Å². The van der Waals surface area contributed by atoms with Crippen LogP contribution in [0.4, 0.5) is 0 Å². The van der Waals surface area contributed by atoms with Crippen molar-refractivity contribution < 1.29 is 9.59 Å². The van der Waals surface area contributed by atoms with Gasteiger partial charge in [0.25, 0.3) is 5.91 Å². The van der Waals surface area contributed by atoms with Crippen molar-refractivity contribution in [2.75, 3.05) is 39.8 Å². The average Bonchev–Trinajstić information content (AvgIpc) is 2.50. The number of likely N-dealkylation sites (N-methyl/N-ethyl adjacent to an activating group) is 1. The van der Waals surface area contributed by atoms with Crippen LogP contribution in [0.3, 0.4) is 0 Å². The van der Waals surface area contributed by atoms with E-state index in [1.807, 2.05) is 19.1 Å². The van der Waals surface area contributed by atoms with Crippen molar-refractivity contribution in [2.45, 2.75) is 6.92 Å². The van der Waals surface area contributed by atoms with Gasteiger partial charge in [0.1, 0.15) is 0 Å². The number of amides is 2. The monoisotopic (exact) mass is 389 g/mol. The van der Waals surface area contributed by atoms with E-state index in [4.69, 9.17) is 0 Å². The first-order valence-electron chi connectivity index (χ1n) is 6.99. The second-order valence-corrected chi connectivity index (χ2v) is 6.11. The minimum absolute atomic E-state index is 0. The van der Waals surface area contributed by atoms with E-state index in [2.05, 4.69) is 21.2 Å². The van der Waals surface area contributed by atoms with Gasteiger partial charge in [-0.15, -0.1) is 12.4 Å². The maximum Gasteiger partial charge on any atom is 0.254 e. The first kappa shape index (κ1) is 18.9. The van der Waals surface area contributed by atoms with E-state index in [1.165, 1.54) is 4.90 Å². The molecule has 2 amide bonds. The van der Waals surface area contributed by atoms with Crippen LogP contribution >= 0.6 is 28.3 Å². The molecule has 1 aromatic carbocycles. The van der Waals surface area contributed by atoms with Crippen LogP contribution in [0.25, 0.3) is 0 Å². The number of hydrogen-bond acceptors (Lipinski definition) is 3. The second-order valence-electron chi connectivity index (χ2n) is 5.26. The molecule has 1 saturated heterocycles. The molecule has 1 aliphatic rings. The van der Waals surface area contributed by atoms with Crippen molar-refractivity contribution >= 4 is 40.2 Å². The van der Waals surface area contributed by atoms with Crippen molar-refractivity contribution in [1.82, 2.24) is 15.1 Å². The molecule has 0 atom stereocenters. The number of nitrogens with one attached hydrogen (secondary N) is 1. The van der Waals surface area contributed by atoms with E-state index >= 15 is 0 Å². The van der Waals surface area contributed by atoms with Gasteiger partial charge in [0.05, 0.1) is 6.54 Å². The Morgan fingerprint density at radius 2 is 1.95 bits per heavy atom. The molecular formula is C15H21BrClN3O2. The molecule has 7 heteroatoms. The van der Waals surface area contributed by atoms with Crippen LogP contribution in [0, 0.1) is 6.92 Å². The third kappa shape index (κ3) is 4.69. The highest BCUT2D eigenvalue weighted by molar-refractivity contribution is 9.10. The minimum atomic E-state index is -0.130. The average molecular weight is 391 g/mol. The Hall–Kier alpha value is -1.11.